The van der Waals surface area contributed by atoms with Gasteiger partial charge in [0.25, 0.3) is 0 Å². The van der Waals surface area contributed by atoms with Crippen LogP contribution in [-0.4, -0.2) is 42.7 Å². The molecule has 1 aliphatic heterocycles. The Hall–Kier alpha value is -3.62. The smallest absolute Gasteiger partial charge is 0.374 e. The second kappa shape index (κ2) is 14.3. The lowest BCUT2D eigenvalue weighted by atomic mass is 9.93. The minimum absolute atomic E-state index is 0.0582. The van der Waals surface area contributed by atoms with E-state index in [1.807, 2.05) is 0 Å². The van der Waals surface area contributed by atoms with E-state index in [2.05, 4.69) is 72.6 Å². The summed E-state index contributed by atoms with van der Waals surface area (Å²) in [5.41, 5.74) is 3.62. The first-order chi connectivity index (χ1) is 19.4. The third-order valence-corrected chi connectivity index (χ3v) is 6.85. The molecule has 1 heterocycles. The average Bonchev–Trinajstić information content (AvgIpc) is 2.94. The Morgan fingerprint density at radius 2 is 1.54 bits per heavy atom. The first kappa shape index (κ1) is 31.9. The average molecular weight is 569 g/mol. The second-order valence-electron chi connectivity index (χ2n) is 10.2. The van der Waals surface area contributed by atoms with E-state index in [1.165, 1.54) is 25.2 Å². The number of Topliss-reactive ketones (excluding diaryl/α,β-unsaturated/α-hetero) is 1. The minimum Gasteiger partial charge on any atom is -0.374 e. The van der Waals surface area contributed by atoms with Crippen molar-refractivity contribution < 1.29 is 27.1 Å². The fourth-order valence-corrected chi connectivity index (χ4v) is 4.63. The fraction of sp³-hybridized carbons (Fsp3) is 0.333. The van der Waals surface area contributed by atoms with E-state index in [0.717, 1.165) is 17.8 Å². The molecule has 218 valence electrons. The van der Waals surface area contributed by atoms with Gasteiger partial charge in [0.05, 0.1) is 11.3 Å². The van der Waals surface area contributed by atoms with Crippen LogP contribution in [0.4, 0.5) is 17.6 Å². The molecule has 41 heavy (non-hydrogen) atoms. The number of halogens is 4. The molecule has 1 unspecified atom stereocenters. The first-order valence-electron chi connectivity index (χ1n) is 13.4. The van der Waals surface area contributed by atoms with Crippen LogP contribution < -0.4 is 0 Å². The molecule has 1 aliphatic rings. The maximum absolute atomic E-state index is 14.2. The van der Waals surface area contributed by atoms with Crippen molar-refractivity contribution in [2.24, 2.45) is 4.99 Å². The van der Waals surface area contributed by atoms with Crippen LogP contribution in [0.15, 0.2) is 95.1 Å². The quantitative estimate of drug-likeness (QED) is 0.215. The van der Waals surface area contributed by atoms with Crippen molar-refractivity contribution in [3.63, 3.8) is 0 Å². The molecule has 0 N–H and O–H groups in total. The van der Waals surface area contributed by atoms with E-state index in [0.29, 0.717) is 29.8 Å². The molecule has 0 bridgehead atoms. The Morgan fingerprint density at radius 3 is 1.98 bits per heavy atom. The molecule has 0 aliphatic carbocycles. The van der Waals surface area contributed by atoms with Gasteiger partial charge < -0.3 is 4.74 Å². The van der Waals surface area contributed by atoms with Gasteiger partial charge >= 0.3 is 6.18 Å². The van der Waals surface area contributed by atoms with Gasteiger partial charge in [0.2, 0.25) is 0 Å². The molecular formula is C33H36F4N2O2. The van der Waals surface area contributed by atoms with Crippen LogP contribution in [0.25, 0.3) is 0 Å². The minimum atomic E-state index is -4.60. The zero-order chi connectivity index (χ0) is 30.2. The van der Waals surface area contributed by atoms with Gasteiger partial charge in [-0.25, -0.2) is 4.39 Å². The zero-order valence-corrected chi connectivity index (χ0v) is 24.0. The summed E-state index contributed by atoms with van der Waals surface area (Å²) in [6.45, 7) is 7.91. The number of hydrogen-bond acceptors (Lipinski definition) is 4. The molecule has 0 saturated heterocycles. The van der Waals surface area contributed by atoms with Crippen molar-refractivity contribution in [3.8, 4) is 0 Å². The number of benzene rings is 3. The normalized spacial score (nSPS) is 15.8. The highest BCUT2D eigenvalue weighted by Gasteiger charge is 2.33. The molecule has 8 heteroatoms. The summed E-state index contributed by atoms with van der Waals surface area (Å²) in [4.78, 5) is 18.2. The Kier molecular flexibility index (Phi) is 11.1. The third-order valence-electron chi connectivity index (χ3n) is 6.85. The summed E-state index contributed by atoms with van der Waals surface area (Å²) in [6.07, 6.45) is -5.08. The van der Waals surface area contributed by atoms with E-state index in [-0.39, 0.29) is 24.4 Å². The Morgan fingerprint density at radius 1 is 0.976 bits per heavy atom. The molecule has 3 aromatic rings. The highest BCUT2D eigenvalue weighted by atomic mass is 19.4. The van der Waals surface area contributed by atoms with E-state index < -0.39 is 23.7 Å². The molecule has 1 atom stereocenters. The van der Waals surface area contributed by atoms with Crippen LogP contribution in [0, 0.1) is 5.82 Å². The van der Waals surface area contributed by atoms with Crippen LogP contribution >= 0.6 is 0 Å². The molecule has 0 fully saturated rings. The summed E-state index contributed by atoms with van der Waals surface area (Å²) >= 11 is 0. The molecule has 3 aromatic carbocycles. The van der Waals surface area contributed by atoms with Crippen molar-refractivity contribution >= 4 is 11.5 Å². The standard InChI is InChI=1S/C19H22F4N2O2.C14H14/c1-11(2)24-18-15(12(3)26)9-25(10-17(18)27-4)8-13-5-6-14(7-16(13)20)19(21,22)23;1-12(13-8-4-2-5-9-13)14-10-6-3-7-11-14/h5-7,17H,8-10H2,1-4H3;2-12H,1H3. The van der Waals surface area contributed by atoms with Crippen LogP contribution in [0.1, 0.15) is 55.9 Å². The predicted molar refractivity (Wildman–Crippen MR) is 154 cm³/mol. The maximum atomic E-state index is 14.2. The van der Waals surface area contributed by atoms with Crippen LogP contribution in [0.5, 0.6) is 0 Å². The van der Waals surface area contributed by atoms with Crippen LogP contribution in [-0.2, 0) is 22.3 Å². The van der Waals surface area contributed by atoms with E-state index in [4.69, 9.17) is 4.74 Å². The number of hydrogen-bond donors (Lipinski definition) is 0. The van der Waals surface area contributed by atoms with Gasteiger partial charge in [0, 0.05) is 49.5 Å². The Bertz CT molecular complexity index is 1330. The Labute approximate surface area is 239 Å². The van der Waals surface area contributed by atoms with Crippen LogP contribution in [0.3, 0.4) is 0 Å². The van der Waals surface area contributed by atoms with Crippen molar-refractivity contribution in [3.05, 3.63) is 118 Å². The molecule has 0 amide bonds. The Balaban J connectivity index is 0.000000275. The molecule has 0 aromatic heterocycles. The summed E-state index contributed by atoms with van der Waals surface area (Å²) < 4.78 is 57.7. The number of nitrogens with zero attached hydrogens (tertiary/aromatic N) is 2. The SMILES string of the molecule is CC(c1ccccc1)c1ccccc1.COC1CN(Cc2ccc(C(F)(F)F)cc2F)CC(C(C)=O)=C1N=C(C)C. The van der Waals surface area contributed by atoms with Gasteiger partial charge in [-0.1, -0.05) is 73.7 Å². The number of alkyl halides is 3. The van der Waals surface area contributed by atoms with E-state index in [9.17, 15) is 22.4 Å². The number of carbonyl (C=O) groups excluding carboxylic acids is 1. The monoisotopic (exact) mass is 568 g/mol. The number of rotatable bonds is 7. The lowest BCUT2D eigenvalue weighted by molar-refractivity contribution is -0.137. The number of ether oxygens (including phenoxy) is 1. The summed E-state index contributed by atoms with van der Waals surface area (Å²) in [5, 5.41) is 0. The highest BCUT2D eigenvalue weighted by Crippen LogP contribution is 2.31. The van der Waals surface area contributed by atoms with Gasteiger partial charge in [0.1, 0.15) is 11.9 Å². The van der Waals surface area contributed by atoms with Gasteiger partial charge in [-0.05, 0) is 44.0 Å². The van der Waals surface area contributed by atoms with Crippen molar-refractivity contribution in [2.75, 3.05) is 20.2 Å². The second-order valence-corrected chi connectivity index (χ2v) is 10.2. The van der Waals surface area contributed by atoms with Crippen molar-refractivity contribution in [1.82, 2.24) is 4.90 Å². The fourth-order valence-electron chi connectivity index (χ4n) is 4.63. The van der Waals surface area contributed by atoms with Gasteiger partial charge in [0.15, 0.2) is 5.78 Å². The maximum Gasteiger partial charge on any atom is 0.416 e. The van der Waals surface area contributed by atoms with Gasteiger partial charge in [-0.3, -0.25) is 14.7 Å². The zero-order valence-electron chi connectivity index (χ0n) is 24.0. The lowest BCUT2D eigenvalue weighted by Crippen LogP contribution is -2.42. The summed E-state index contributed by atoms with van der Waals surface area (Å²) in [6, 6.07) is 23.7. The van der Waals surface area contributed by atoms with E-state index in [1.54, 1.807) is 18.7 Å². The predicted octanol–water partition coefficient (Wildman–Crippen LogP) is 7.84. The summed E-state index contributed by atoms with van der Waals surface area (Å²) in [5.74, 6) is -0.618. The number of methoxy groups -OCH3 is 1. The largest absolute Gasteiger partial charge is 0.416 e. The third kappa shape index (κ3) is 8.93. The van der Waals surface area contributed by atoms with Gasteiger partial charge in [-0.15, -0.1) is 0 Å². The topological polar surface area (TPSA) is 41.9 Å². The van der Waals surface area contributed by atoms with Crippen LogP contribution in [0.2, 0.25) is 0 Å². The lowest BCUT2D eigenvalue weighted by Gasteiger charge is -2.33. The molecule has 0 saturated carbocycles. The number of aliphatic imine (C=N–C) groups is 1. The van der Waals surface area contributed by atoms with Gasteiger partial charge in [-0.2, -0.15) is 13.2 Å². The van der Waals surface area contributed by atoms with E-state index >= 15 is 0 Å². The molecule has 0 radical (unpaired) electrons. The first-order valence-corrected chi connectivity index (χ1v) is 13.4. The molecular weight excluding hydrogens is 532 g/mol. The van der Waals surface area contributed by atoms with Crippen molar-refractivity contribution in [1.29, 1.82) is 0 Å². The highest BCUT2D eigenvalue weighted by molar-refractivity contribution is 5.95. The molecule has 4 nitrogen and oxygen atoms in total. The van der Waals surface area contributed by atoms with Crippen molar-refractivity contribution in [2.45, 2.75) is 52.4 Å². The summed E-state index contributed by atoms with van der Waals surface area (Å²) in [7, 11) is 1.49. The molecule has 0 spiro atoms. The number of ketones is 1. The number of carbonyl (C=O) groups is 1. The molecule has 4 rings (SSSR count).